The summed E-state index contributed by atoms with van der Waals surface area (Å²) in [5, 5.41) is 13.0. The first-order valence-electron chi connectivity index (χ1n) is 4.24. The predicted molar refractivity (Wildman–Crippen MR) is 49.8 cm³/mol. The highest BCUT2D eigenvalue weighted by atomic mass is 16.3. The fourth-order valence-electron chi connectivity index (χ4n) is 1.07. The molecule has 2 rings (SSSR count). The Hall–Kier alpha value is -1.75. The molecule has 0 aromatic carbocycles. The minimum Gasteiger partial charge on any atom is -0.392 e. The molecule has 5 nitrogen and oxygen atoms in total. The maximum absolute atomic E-state index is 8.80. The molecule has 5 heteroatoms. The van der Waals surface area contributed by atoms with Crippen LogP contribution in [-0.4, -0.2) is 24.9 Å². The summed E-state index contributed by atoms with van der Waals surface area (Å²) in [4.78, 5) is 8.12. The van der Waals surface area contributed by atoms with Gasteiger partial charge in [0.1, 0.15) is 0 Å². The van der Waals surface area contributed by atoms with Crippen LogP contribution in [-0.2, 0) is 6.61 Å². The Morgan fingerprint density at radius 1 is 1.36 bits per heavy atom. The van der Waals surface area contributed by atoms with Gasteiger partial charge in [-0.05, 0) is 13.0 Å². The van der Waals surface area contributed by atoms with Crippen LogP contribution < -0.4 is 0 Å². The highest BCUT2D eigenvalue weighted by Gasteiger charge is 2.00. The summed E-state index contributed by atoms with van der Waals surface area (Å²) in [7, 11) is 0. The average molecular weight is 190 g/mol. The standard InChI is InChI=1S/C9H10N4O/c1-7-2-3-13(12-7)9-10-4-8(6-14)5-11-9/h2-5,14H,6H2,1H3. The highest BCUT2D eigenvalue weighted by Crippen LogP contribution is 2.01. The lowest BCUT2D eigenvalue weighted by Crippen LogP contribution is -2.02. The fraction of sp³-hybridized carbons (Fsp3) is 0.222. The Kier molecular flexibility index (Phi) is 2.24. The Bertz CT molecular complexity index is 421. The zero-order valence-electron chi connectivity index (χ0n) is 7.75. The average Bonchev–Trinajstić information content (AvgIpc) is 2.65. The molecule has 2 heterocycles. The van der Waals surface area contributed by atoms with E-state index in [4.69, 9.17) is 5.11 Å². The molecule has 2 aromatic rings. The largest absolute Gasteiger partial charge is 0.392 e. The van der Waals surface area contributed by atoms with Gasteiger partial charge < -0.3 is 5.11 Å². The van der Waals surface area contributed by atoms with Crippen LogP contribution in [0, 0.1) is 6.92 Å². The van der Waals surface area contributed by atoms with Crippen molar-refractivity contribution in [3.8, 4) is 5.95 Å². The van der Waals surface area contributed by atoms with Crippen molar-refractivity contribution in [2.45, 2.75) is 13.5 Å². The number of hydrogen-bond acceptors (Lipinski definition) is 4. The number of aliphatic hydroxyl groups is 1. The Labute approximate surface area is 81.1 Å². The monoisotopic (exact) mass is 190 g/mol. The van der Waals surface area contributed by atoms with Gasteiger partial charge in [-0.3, -0.25) is 0 Å². The van der Waals surface area contributed by atoms with Crippen molar-refractivity contribution in [3.63, 3.8) is 0 Å². The molecule has 0 saturated carbocycles. The molecule has 0 aliphatic heterocycles. The molecule has 2 aromatic heterocycles. The molecule has 0 amide bonds. The van der Waals surface area contributed by atoms with Crippen molar-refractivity contribution >= 4 is 0 Å². The normalized spacial score (nSPS) is 10.4. The third-order valence-electron chi connectivity index (χ3n) is 1.80. The molecule has 0 radical (unpaired) electrons. The number of aryl methyl sites for hydroxylation is 1. The first kappa shape index (κ1) is 8.83. The molecule has 0 fully saturated rings. The van der Waals surface area contributed by atoms with Gasteiger partial charge in [0.25, 0.3) is 0 Å². The van der Waals surface area contributed by atoms with Gasteiger partial charge in [0.15, 0.2) is 0 Å². The van der Waals surface area contributed by atoms with Gasteiger partial charge in [-0.1, -0.05) is 0 Å². The minimum absolute atomic E-state index is 0.0432. The molecule has 0 aliphatic rings. The first-order valence-corrected chi connectivity index (χ1v) is 4.24. The molecule has 0 spiro atoms. The van der Waals surface area contributed by atoms with E-state index in [-0.39, 0.29) is 6.61 Å². The van der Waals surface area contributed by atoms with E-state index in [0.29, 0.717) is 11.5 Å². The molecule has 0 atom stereocenters. The molecule has 0 unspecified atom stereocenters. The maximum atomic E-state index is 8.80. The van der Waals surface area contributed by atoms with E-state index in [1.165, 1.54) is 0 Å². The zero-order chi connectivity index (χ0) is 9.97. The summed E-state index contributed by atoms with van der Waals surface area (Å²) in [5.74, 6) is 0.510. The lowest BCUT2D eigenvalue weighted by molar-refractivity contribution is 0.281. The van der Waals surface area contributed by atoms with Crippen LogP contribution in [0.25, 0.3) is 5.95 Å². The van der Waals surface area contributed by atoms with Crippen LogP contribution >= 0.6 is 0 Å². The van der Waals surface area contributed by atoms with Crippen molar-refractivity contribution in [1.82, 2.24) is 19.7 Å². The minimum atomic E-state index is -0.0432. The van der Waals surface area contributed by atoms with E-state index in [9.17, 15) is 0 Å². The van der Waals surface area contributed by atoms with E-state index >= 15 is 0 Å². The van der Waals surface area contributed by atoms with Crippen LogP contribution in [0.15, 0.2) is 24.7 Å². The van der Waals surface area contributed by atoms with Crippen molar-refractivity contribution in [3.05, 3.63) is 35.9 Å². The van der Waals surface area contributed by atoms with Crippen LogP contribution in [0.3, 0.4) is 0 Å². The van der Waals surface area contributed by atoms with E-state index in [0.717, 1.165) is 5.69 Å². The molecule has 72 valence electrons. The molecule has 14 heavy (non-hydrogen) atoms. The van der Waals surface area contributed by atoms with E-state index in [2.05, 4.69) is 15.1 Å². The summed E-state index contributed by atoms with van der Waals surface area (Å²) in [6.07, 6.45) is 4.96. The quantitative estimate of drug-likeness (QED) is 0.747. The number of aliphatic hydroxyl groups excluding tert-OH is 1. The summed E-state index contributed by atoms with van der Waals surface area (Å²) in [5.41, 5.74) is 1.61. The number of nitrogens with zero attached hydrogens (tertiary/aromatic N) is 4. The van der Waals surface area contributed by atoms with Gasteiger partial charge >= 0.3 is 0 Å². The molecule has 0 aliphatic carbocycles. The third kappa shape index (κ3) is 1.62. The Balaban J connectivity index is 2.33. The van der Waals surface area contributed by atoms with Crippen molar-refractivity contribution in [2.24, 2.45) is 0 Å². The smallest absolute Gasteiger partial charge is 0.250 e. The second-order valence-corrected chi connectivity index (χ2v) is 2.95. The molecular formula is C9H10N4O. The van der Waals surface area contributed by atoms with E-state index in [1.807, 2.05) is 13.0 Å². The van der Waals surface area contributed by atoms with Gasteiger partial charge in [0.05, 0.1) is 12.3 Å². The molecule has 0 bridgehead atoms. The Morgan fingerprint density at radius 3 is 2.57 bits per heavy atom. The second kappa shape index (κ2) is 3.55. The van der Waals surface area contributed by atoms with Crippen LogP contribution in [0.4, 0.5) is 0 Å². The predicted octanol–water partition coefficient (Wildman–Crippen LogP) is 0.463. The fourth-order valence-corrected chi connectivity index (χ4v) is 1.07. The van der Waals surface area contributed by atoms with Gasteiger partial charge in [-0.25, -0.2) is 14.6 Å². The number of aromatic nitrogens is 4. The number of hydrogen-bond donors (Lipinski definition) is 1. The highest BCUT2D eigenvalue weighted by molar-refractivity contribution is 5.14. The Morgan fingerprint density at radius 2 is 2.07 bits per heavy atom. The number of rotatable bonds is 2. The van der Waals surface area contributed by atoms with Gasteiger partial charge in [-0.15, -0.1) is 0 Å². The SMILES string of the molecule is Cc1ccn(-c2ncc(CO)cn2)n1. The molecule has 1 N–H and O–H groups in total. The van der Waals surface area contributed by atoms with Crippen LogP contribution in [0.5, 0.6) is 0 Å². The van der Waals surface area contributed by atoms with Crippen molar-refractivity contribution < 1.29 is 5.11 Å². The lowest BCUT2D eigenvalue weighted by Gasteiger charge is -1.99. The first-order chi connectivity index (χ1) is 6.79. The van der Waals surface area contributed by atoms with Gasteiger partial charge in [0.2, 0.25) is 5.95 Å². The summed E-state index contributed by atoms with van der Waals surface area (Å²) < 4.78 is 1.59. The van der Waals surface area contributed by atoms with Crippen LogP contribution in [0.2, 0.25) is 0 Å². The van der Waals surface area contributed by atoms with E-state index in [1.54, 1.807) is 23.3 Å². The molecular weight excluding hydrogens is 180 g/mol. The lowest BCUT2D eigenvalue weighted by atomic mass is 10.4. The van der Waals surface area contributed by atoms with Crippen molar-refractivity contribution in [2.75, 3.05) is 0 Å². The second-order valence-electron chi connectivity index (χ2n) is 2.95. The van der Waals surface area contributed by atoms with Gasteiger partial charge in [-0.2, -0.15) is 5.10 Å². The molecule has 0 saturated heterocycles. The zero-order valence-corrected chi connectivity index (χ0v) is 7.75. The third-order valence-corrected chi connectivity index (χ3v) is 1.80. The van der Waals surface area contributed by atoms with Gasteiger partial charge in [0, 0.05) is 24.2 Å². The van der Waals surface area contributed by atoms with Crippen molar-refractivity contribution in [1.29, 1.82) is 0 Å². The topological polar surface area (TPSA) is 63.8 Å². The van der Waals surface area contributed by atoms with E-state index < -0.39 is 0 Å². The summed E-state index contributed by atoms with van der Waals surface area (Å²) in [6.45, 7) is 1.86. The summed E-state index contributed by atoms with van der Waals surface area (Å²) in [6, 6.07) is 1.88. The maximum Gasteiger partial charge on any atom is 0.250 e. The summed E-state index contributed by atoms with van der Waals surface area (Å²) >= 11 is 0. The van der Waals surface area contributed by atoms with Crippen LogP contribution in [0.1, 0.15) is 11.3 Å².